The Morgan fingerprint density at radius 2 is 1.93 bits per heavy atom. The number of rotatable bonds is 5. The van der Waals surface area contributed by atoms with Gasteiger partial charge in [-0.2, -0.15) is 0 Å². The molecule has 0 radical (unpaired) electrons. The first-order chi connectivity index (χ1) is 14.0. The van der Waals surface area contributed by atoms with Crippen LogP contribution in [0, 0.1) is 6.92 Å². The van der Waals surface area contributed by atoms with Crippen molar-refractivity contribution in [2.45, 2.75) is 19.0 Å². The Morgan fingerprint density at radius 1 is 1.14 bits per heavy atom. The van der Waals surface area contributed by atoms with E-state index in [1.54, 1.807) is 32.7 Å². The van der Waals surface area contributed by atoms with Gasteiger partial charge in [-0.3, -0.25) is 4.98 Å². The number of aromatic nitrogens is 3. The molecule has 1 aromatic carbocycles. The van der Waals surface area contributed by atoms with Gasteiger partial charge < -0.3 is 25.3 Å². The van der Waals surface area contributed by atoms with Crippen LogP contribution < -0.4 is 20.5 Å². The Balaban J connectivity index is 1.72. The highest BCUT2D eigenvalue weighted by atomic mass is 35.5. The molecule has 152 valence electrons. The number of nitrogens with one attached hydrogen (secondary N) is 1. The maximum atomic E-state index is 6.58. The maximum absolute atomic E-state index is 6.58. The minimum absolute atomic E-state index is 0.00890. The summed E-state index contributed by atoms with van der Waals surface area (Å²) in [7, 11) is 3.17. The number of nitrogens with zero attached hydrogens (tertiary/aromatic N) is 3. The number of hydrogen-bond acceptors (Lipinski definition) is 8. The third-order valence-electron chi connectivity index (χ3n) is 5.04. The topological polar surface area (TPSA) is 104 Å². The quantitative estimate of drug-likeness (QED) is 0.655. The van der Waals surface area contributed by atoms with E-state index in [4.69, 9.17) is 31.5 Å². The van der Waals surface area contributed by atoms with Gasteiger partial charge in [-0.05, 0) is 13.0 Å². The Labute approximate surface area is 173 Å². The van der Waals surface area contributed by atoms with Crippen molar-refractivity contribution < 1.29 is 14.2 Å². The molecule has 2 atom stereocenters. The van der Waals surface area contributed by atoms with Crippen LogP contribution >= 0.6 is 11.6 Å². The molecule has 2 aromatic heterocycles. The summed E-state index contributed by atoms with van der Waals surface area (Å²) in [5.41, 5.74) is 9.03. The third-order valence-corrected chi connectivity index (χ3v) is 5.42. The van der Waals surface area contributed by atoms with Crippen molar-refractivity contribution in [1.29, 1.82) is 0 Å². The lowest BCUT2D eigenvalue weighted by molar-refractivity contribution is 0.192. The summed E-state index contributed by atoms with van der Waals surface area (Å²) in [6.07, 6.45) is 3.45. The van der Waals surface area contributed by atoms with Gasteiger partial charge in [-0.1, -0.05) is 11.6 Å². The molecular formula is C20H22ClN5O3. The van der Waals surface area contributed by atoms with Gasteiger partial charge >= 0.3 is 0 Å². The number of methoxy groups -OCH3 is 2. The Hall–Kier alpha value is -2.68. The Bertz CT molecular complexity index is 1030. The minimum Gasteiger partial charge on any atom is -0.496 e. The van der Waals surface area contributed by atoms with Crippen molar-refractivity contribution in [1.82, 2.24) is 15.0 Å². The lowest BCUT2D eigenvalue weighted by Crippen LogP contribution is -2.39. The third kappa shape index (κ3) is 3.66. The van der Waals surface area contributed by atoms with Crippen LogP contribution in [0.2, 0.25) is 5.02 Å². The van der Waals surface area contributed by atoms with Crippen LogP contribution in [-0.2, 0) is 4.74 Å². The molecule has 29 heavy (non-hydrogen) atoms. The summed E-state index contributed by atoms with van der Waals surface area (Å²) in [5.74, 6) is 1.70. The highest BCUT2D eigenvalue weighted by Crippen LogP contribution is 2.42. The number of hydrogen-bond donors (Lipinski definition) is 2. The number of halogens is 1. The molecular weight excluding hydrogens is 394 g/mol. The summed E-state index contributed by atoms with van der Waals surface area (Å²) in [6.45, 7) is 3.00. The molecule has 0 amide bonds. The number of fused-ring (bicyclic) bond motifs is 1. The summed E-state index contributed by atoms with van der Waals surface area (Å²) >= 11 is 6.58. The number of pyridine rings is 1. The zero-order valence-electron chi connectivity index (χ0n) is 16.4. The molecule has 3 heterocycles. The molecule has 1 fully saturated rings. The second kappa shape index (κ2) is 7.98. The first-order valence-electron chi connectivity index (χ1n) is 9.16. The molecule has 9 heteroatoms. The lowest BCUT2D eigenvalue weighted by atomic mass is 10.0. The van der Waals surface area contributed by atoms with Crippen LogP contribution in [0.3, 0.4) is 0 Å². The predicted molar refractivity (Wildman–Crippen MR) is 112 cm³/mol. The molecule has 2 unspecified atom stereocenters. The van der Waals surface area contributed by atoms with Crippen molar-refractivity contribution >= 4 is 28.5 Å². The molecule has 4 rings (SSSR count). The van der Waals surface area contributed by atoms with Gasteiger partial charge in [0.1, 0.15) is 11.5 Å². The van der Waals surface area contributed by atoms with Crippen molar-refractivity contribution in [3.63, 3.8) is 0 Å². The molecule has 3 aromatic rings. The van der Waals surface area contributed by atoms with Gasteiger partial charge in [0.05, 0.1) is 61.9 Å². The first-order valence-corrected chi connectivity index (χ1v) is 9.53. The largest absolute Gasteiger partial charge is 0.496 e. The fourth-order valence-electron chi connectivity index (χ4n) is 3.39. The Morgan fingerprint density at radius 3 is 2.62 bits per heavy atom. The van der Waals surface area contributed by atoms with Gasteiger partial charge in [-0.15, -0.1) is 0 Å². The van der Waals surface area contributed by atoms with E-state index in [0.29, 0.717) is 46.9 Å². The summed E-state index contributed by atoms with van der Waals surface area (Å²) in [5, 5.41) is 4.54. The number of anilines is 1. The number of ether oxygens (including phenoxy) is 3. The molecule has 0 saturated carbocycles. The lowest BCUT2D eigenvalue weighted by Gasteiger charge is -2.16. The molecule has 0 aliphatic carbocycles. The molecule has 1 saturated heterocycles. The predicted octanol–water partition coefficient (Wildman–Crippen LogP) is 2.81. The summed E-state index contributed by atoms with van der Waals surface area (Å²) in [4.78, 5) is 13.5. The minimum atomic E-state index is -0.0806. The first kappa shape index (κ1) is 19.6. The molecule has 1 aliphatic heterocycles. The van der Waals surface area contributed by atoms with Crippen molar-refractivity contribution in [2.24, 2.45) is 5.73 Å². The number of benzene rings is 1. The highest BCUT2D eigenvalue weighted by Gasteiger charge is 2.25. The highest BCUT2D eigenvalue weighted by molar-refractivity contribution is 6.35. The van der Waals surface area contributed by atoms with Gasteiger partial charge in [0.2, 0.25) is 5.95 Å². The fourth-order valence-corrected chi connectivity index (χ4v) is 3.76. The second-order valence-corrected chi connectivity index (χ2v) is 7.25. The van der Waals surface area contributed by atoms with Crippen LogP contribution in [0.4, 0.5) is 5.95 Å². The van der Waals surface area contributed by atoms with E-state index in [0.717, 1.165) is 16.5 Å². The van der Waals surface area contributed by atoms with Crippen LogP contribution in [0.5, 0.6) is 11.5 Å². The van der Waals surface area contributed by atoms with E-state index in [-0.39, 0.29) is 12.1 Å². The van der Waals surface area contributed by atoms with E-state index in [1.807, 2.05) is 13.0 Å². The summed E-state index contributed by atoms with van der Waals surface area (Å²) < 4.78 is 16.2. The van der Waals surface area contributed by atoms with E-state index >= 15 is 0 Å². The van der Waals surface area contributed by atoms with Crippen molar-refractivity contribution in [3.8, 4) is 22.8 Å². The van der Waals surface area contributed by atoms with Crippen molar-refractivity contribution in [2.75, 3.05) is 32.8 Å². The van der Waals surface area contributed by atoms with Crippen LogP contribution in [0.1, 0.15) is 5.56 Å². The standard InChI is InChI=1S/C20H22ClN5O3/c1-10-16(27-2)5-17(28-3)19(21)18(10)13-4-11-6-24-20(25-14(11)7-23-13)26-15-9-29-8-12(15)22/h4-7,12,15H,8-9,22H2,1-3H3,(H,24,25,26). The fraction of sp³-hybridized carbons (Fsp3) is 0.350. The van der Waals surface area contributed by atoms with E-state index in [1.165, 1.54) is 0 Å². The number of nitrogens with two attached hydrogens (primary N) is 1. The van der Waals surface area contributed by atoms with Crippen LogP contribution in [0.15, 0.2) is 24.5 Å². The smallest absolute Gasteiger partial charge is 0.223 e. The van der Waals surface area contributed by atoms with Gasteiger partial charge in [-0.25, -0.2) is 9.97 Å². The second-order valence-electron chi connectivity index (χ2n) is 6.87. The average molecular weight is 416 g/mol. The van der Waals surface area contributed by atoms with Gasteiger partial charge in [0.15, 0.2) is 0 Å². The van der Waals surface area contributed by atoms with E-state index in [9.17, 15) is 0 Å². The molecule has 3 N–H and O–H groups in total. The molecule has 1 aliphatic rings. The van der Waals surface area contributed by atoms with E-state index in [2.05, 4.69) is 20.3 Å². The normalized spacial score (nSPS) is 18.8. The van der Waals surface area contributed by atoms with Crippen LogP contribution in [-0.4, -0.2) is 54.5 Å². The molecule has 0 bridgehead atoms. The Kier molecular flexibility index (Phi) is 5.40. The van der Waals surface area contributed by atoms with Gasteiger partial charge in [0.25, 0.3) is 0 Å². The van der Waals surface area contributed by atoms with Crippen LogP contribution in [0.25, 0.3) is 22.2 Å². The monoisotopic (exact) mass is 415 g/mol. The zero-order valence-corrected chi connectivity index (χ0v) is 17.2. The molecule has 0 spiro atoms. The van der Waals surface area contributed by atoms with E-state index < -0.39 is 0 Å². The van der Waals surface area contributed by atoms with Crippen molar-refractivity contribution in [3.05, 3.63) is 35.1 Å². The SMILES string of the molecule is COc1cc(OC)c(Cl)c(-c2cc3cnc(NC4COCC4N)nc3cn2)c1C. The molecule has 8 nitrogen and oxygen atoms in total. The summed E-state index contributed by atoms with van der Waals surface area (Å²) in [6, 6.07) is 3.57. The zero-order chi connectivity index (χ0) is 20.5. The maximum Gasteiger partial charge on any atom is 0.223 e. The average Bonchev–Trinajstić information content (AvgIpc) is 3.13. The van der Waals surface area contributed by atoms with Gasteiger partial charge in [0, 0.05) is 28.8 Å².